The van der Waals surface area contributed by atoms with Crippen LogP contribution in [0.15, 0.2) is 12.1 Å². The first-order valence-corrected chi connectivity index (χ1v) is 7.24. The van der Waals surface area contributed by atoms with Crippen LogP contribution in [0.3, 0.4) is 0 Å². The molecule has 0 saturated carbocycles. The summed E-state index contributed by atoms with van der Waals surface area (Å²) in [5.41, 5.74) is 7.24. The molecule has 1 saturated heterocycles. The zero-order chi connectivity index (χ0) is 14.5. The van der Waals surface area contributed by atoms with Crippen LogP contribution < -0.4 is 15.4 Å². The number of anilines is 2. The number of nitrogens with zero attached hydrogens (tertiary/aromatic N) is 1. The van der Waals surface area contributed by atoms with Gasteiger partial charge in [-0.25, -0.2) is 4.39 Å². The molecule has 2 rings (SSSR count). The van der Waals surface area contributed by atoms with Crippen LogP contribution in [-0.2, 0) is 4.74 Å². The molecule has 4 nitrogen and oxygen atoms in total. The predicted octanol–water partition coefficient (Wildman–Crippen LogP) is 2.81. The summed E-state index contributed by atoms with van der Waals surface area (Å²) >= 11 is 0. The average molecular weight is 282 g/mol. The lowest BCUT2D eigenvalue weighted by atomic mass is 10.1. The van der Waals surface area contributed by atoms with E-state index in [2.05, 4.69) is 11.8 Å². The van der Waals surface area contributed by atoms with E-state index in [9.17, 15) is 4.39 Å². The van der Waals surface area contributed by atoms with Crippen LogP contribution in [0.4, 0.5) is 15.8 Å². The predicted molar refractivity (Wildman–Crippen MR) is 78.8 cm³/mol. The van der Waals surface area contributed by atoms with E-state index in [1.54, 1.807) is 6.07 Å². The van der Waals surface area contributed by atoms with Gasteiger partial charge in [0.25, 0.3) is 0 Å². The molecule has 0 aliphatic carbocycles. The number of benzene rings is 1. The minimum Gasteiger partial charge on any atom is -0.490 e. The zero-order valence-electron chi connectivity index (χ0n) is 12.2. The fraction of sp³-hybridized carbons (Fsp3) is 0.600. The van der Waals surface area contributed by atoms with Gasteiger partial charge in [0, 0.05) is 25.2 Å². The van der Waals surface area contributed by atoms with Crippen molar-refractivity contribution in [3.8, 4) is 5.75 Å². The summed E-state index contributed by atoms with van der Waals surface area (Å²) in [6.45, 7) is 6.79. The van der Waals surface area contributed by atoms with Gasteiger partial charge in [-0.05, 0) is 12.8 Å². The molecule has 0 aromatic heterocycles. The number of ether oxygens (including phenoxy) is 2. The first kappa shape index (κ1) is 14.9. The van der Waals surface area contributed by atoms with Gasteiger partial charge in [0.05, 0.1) is 30.7 Å². The molecule has 1 fully saturated rings. The van der Waals surface area contributed by atoms with Crippen molar-refractivity contribution in [1.82, 2.24) is 0 Å². The SMILES string of the molecule is CCCOc1cc(N2CCOC(CC)C2)c(N)cc1F. The maximum absolute atomic E-state index is 13.8. The first-order valence-electron chi connectivity index (χ1n) is 7.24. The Bertz CT molecular complexity index is 454. The zero-order valence-corrected chi connectivity index (χ0v) is 12.2. The summed E-state index contributed by atoms with van der Waals surface area (Å²) in [5, 5.41) is 0. The van der Waals surface area contributed by atoms with Crippen molar-refractivity contribution in [2.75, 3.05) is 36.9 Å². The van der Waals surface area contributed by atoms with Crippen molar-refractivity contribution < 1.29 is 13.9 Å². The minimum atomic E-state index is -0.403. The molecular formula is C15H23FN2O2. The molecule has 1 heterocycles. The van der Waals surface area contributed by atoms with Crippen molar-refractivity contribution in [2.45, 2.75) is 32.8 Å². The van der Waals surface area contributed by atoms with Crippen LogP contribution in [0.25, 0.3) is 0 Å². The Kier molecular flexibility index (Phi) is 5.06. The maximum Gasteiger partial charge on any atom is 0.167 e. The summed E-state index contributed by atoms with van der Waals surface area (Å²) in [4.78, 5) is 2.14. The molecule has 20 heavy (non-hydrogen) atoms. The standard InChI is InChI=1S/C15H23FN2O2/c1-3-6-20-15-9-14(13(17)8-12(15)16)18-5-7-19-11(4-2)10-18/h8-9,11H,3-7,10,17H2,1-2H3. The third-order valence-corrected chi connectivity index (χ3v) is 3.48. The van der Waals surface area contributed by atoms with Crippen molar-refractivity contribution in [3.05, 3.63) is 17.9 Å². The summed E-state index contributed by atoms with van der Waals surface area (Å²) in [7, 11) is 0. The number of nitrogen functional groups attached to an aromatic ring is 1. The Balaban J connectivity index is 2.21. The summed E-state index contributed by atoms with van der Waals surface area (Å²) in [6.07, 6.45) is 2.00. The van der Waals surface area contributed by atoms with Crippen molar-refractivity contribution in [2.24, 2.45) is 0 Å². The van der Waals surface area contributed by atoms with E-state index < -0.39 is 5.82 Å². The number of morpholine rings is 1. The minimum absolute atomic E-state index is 0.202. The van der Waals surface area contributed by atoms with Gasteiger partial charge in [0.2, 0.25) is 0 Å². The molecular weight excluding hydrogens is 259 g/mol. The number of nitrogens with two attached hydrogens (primary N) is 1. The average Bonchev–Trinajstić information content (AvgIpc) is 2.46. The highest BCUT2D eigenvalue weighted by atomic mass is 19.1. The summed E-state index contributed by atoms with van der Waals surface area (Å²) in [5.74, 6) is -0.129. The lowest BCUT2D eigenvalue weighted by Crippen LogP contribution is -2.42. The van der Waals surface area contributed by atoms with Crippen LogP contribution >= 0.6 is 0 Å². The van der Waals surface area contributed by atoms with Crippen molar-refractivity contribution >= 4 is 11.4 Å². The molecule has 0 bridgehead atoms. The molecule has 1 aromatic rings. The van der Waals surface area contributed by atoms with Crippen LogP contribution in [-0.4, -0.2) is 32.4 Å². The highest BCUT2D eigenvalue weighted by molar-refractivity contribution is 5.70. The Hall–Kier alpha value is -1.49. The molecule has 1 atom stereocenters. The molecule has 1 unspecified atom stereocenters. The Labute approximate surface area is 119 Å². The first-order chi connectivity index (χ1) is 9.65. The molecule has 2 N–H and O–H groups in total. The Morgan fingerprint density at radius 1 is 1.45 bits per heavy atom. The summed E-state index contributed by atoms with van der Waals surface area (Å²) < 4.78 is 24.9. The van der Waals surface area contributed by atoms with Crippen molar-refractivity contribution in [1.29, 1.82) is 0 Å². The second-order valence-corrected chi connectivity index (χ2v) is 5.04. The molecule has 1 aliphatic rings. The van der Waals surface area contributed by atoms with Crippen molar-refractivity contribution in [3.63, 3.8) is 0 Å². The number of hydrogen-bond acceptors (Lipinski definition) is 4. The van der Waals surface area contributed by atoms with Crippen LogP contribution in [0.1, 0.15) is 26.7 Å². The molecule has 0 radical (unpaired) electrons. The largest absolute Gasteiger partial charge is 0.490 e. The quantitative estimate of drug-likeness (QED) is 0.844. The van der Waals surface area contributed by atoms with Gasteiger partial charge < -0.3 is 20.1 Å². The Morgan fingerprint density at radius 2 is 2.25 bits per heavy atom. The molecule has 1 aromatic carbocycles. The van der Waals surface area contributed by atoms with Gasteiger partial charge in [-0.1, -0.05) is 13.8 Å². The molecule has 1 aliphatic heterocycles. The van der Waals surface area contributed by atoms with Crippen LogP contribution in [0.2, 0.25) is 0 Å². The molecule has 5 heteroatoms. The third-order valence-electron chi connectivity index (χ3n) is 3.48. The van der Waals surface area contributed by atoms with E-state index in [4.69, 9.17) is 15.2 Å². The topological polar surface area (TPSA) is 47.7 Å². The van der Waals surface area contributed by atoms with E-state index in [0.29, 0.717) is 18.9 Å². The van der Waals surface area contributed by atoms with E-state index in [1.165, 1.54) is 6.07 Å². The van der Waals surface area contributed by atoms with Gasteiger partial charge >= 0.3 is 0 Å². The second kappa shape index (κ2) is 6.79. The highest BCUT2D eigenvalue weighted by Gasteiger charge is 2.22. The maximum atomic E-state index is 13.8. The van der Waals surface area contributed by atoms with Crippen LogP contribution in [0.5, 0.6) is 5.75 Å². The van der Waals surface area contributed by atoms with Crippen LogP contribution in [0, 0.1) is 5.82 Å². The lowest BCUT2D eigenvalue weighted by molar-refractivity contribution is 0.0384. The van der Waals surface area contributed by atoms with E-state index in [0.717, 1.165) is 31.6 Å². The monoisotopic (exact) mass is 282 g/mol. The lowest BCUT2D eigenvalue weighted by Gasteiger charge is -2.35. The van der Waals surface area contributed by atoms with E-state index >= 15 is 0 Å². The van der Waals surface area contributed by atoms with Gasteiger partial charge in [0.15, 0.2) is 11.6 Å². The van der Waals surface area contributed by atoms with Gasteiger partial charge in [0.1, 0.15) is 0 Å². The smallest absolute Gasteiger partial charge is 0.167 e. The van der Waals surface area contributed by atoms with Gasteiger partial charge in [-0.3, -0.25) is 0 Å². The molecule has 0 spiro atoms. The van der Waals surface area contributed by atoms with Gasteiger partial charge in [-0.15, -0.1) is 0 Å². The number of rotatable bonds is 5. The van der Waals surface area contributed by atoms with Gasteiger partial charge in [-0.2, -0.15) is 0 Å². The normalized spacial score (nSPS) is 19.1. The fourth-order valence-corrected chi connectivity index (χ4v) is 2.34. The Morgan fingerprint density at radius 3 is 2.95 bits per heavy atom. The highest BCUT2D eigenvalue weighted by Crippen LogP contribution is 2.32. The van der Waals surface area contributed by atoms with E-state index in [-0.39, 0.29) is 11.9 Å². The third kappa shape index (κ3) is 3.33. The number of halogens is 1. The summed E-state index contributed by atoms with van der Waals surface area (Å²) in [6, 6.07) is 3.05. The second-order valence-electron chi connectivity index (χ2n) is 5.04. The fourth-order valence-electron chi connectivity index (χ4n) is 2.34. The molecule has 112 valence electrons. The van der Waals surface area contributed by atoms with E-state index in [1.807, 2.05) is 6.92 Å². The molecule has 0 amide bonds. The number of hydrogen-bond donors (Lipinski definition) is 1.